The van der Waals surface area contributed by atoms with Crippen LogP contribution >= 0.6 is 11.3 Å². The number of carbonyl (C=O) groups is 2. The number of aryl methyl sites for hydroxylation is 2. The Morgan fingerprint density at radius 2 is 1.87 bits per heavy atom. The summed E-state index contributed by atoms with van der Waals surface area (Å²) in [5.74, 6) is 0.438. The number of imide groups is 1. The maximum absolute atomic E-state index is 11.5. The Morgan fingerprint density at radius 1 is 1.10 bits per heavy atom. The van der Waals surface area contributed by atoms with E-state index in [0.29, 0.717) is 13.0 Å². The summed E-state index contributed by atoms with van der Waals surface area (Å²) in [6.07, 6.45) is 0.752. The van der Waals surface area contributed by atoms with Gasteiger partial charge in [0.2, 0.25) is 0 Å². The average molecular weight is 423 g/mol. The van der Waals surface area contributed by atoms with Crippen molar-refractivity contribution in [3.63, 3.8) is 0 Å². The average Bonchev–Trinajstić information content (AvgIpc) is 3.29. The Kier molecular flexibility index (Phi) is 6.09. The molecule has 1 fully saturated rings. The zero-order valence-electron chi connectivity index (χ0n) is 16.6. The molecule has 2 amide bonds. The first-order chi connectivity index (χ1) is 14.6. The summed E-state index contributed by atoms with van der Waals surface area (Å²) < 4.78 is 10.8. The topological polar surface area (TPSA) is 77.5 Å². The molecule has 0 unspecified atom stereocenters. The lowest BCUT2D eigenvalue weighted by molar-refractivity contribution is -0.123. The van der Waals surface area contributed by atoms with Crippen LogP contribution in [0.2, 0.25) is 0 Å². The molecule has 0 aliphatic carbocycles. The lowest BCUT2D eigenvalue weighted by Gasteiger charge is -2.08. The summed E-state index contributed by atoms with van der Waals surface area (Å²) in [5, 5.41) is 3.15. The molecule has 0 spiro atoms. The molecule has 7 heteroatoms. The quantitative estimate of drug-likeness (QED) is 0.571. The molecule has 2 heterocycles. The number of rotatable bonds is 8. The van der Waals surface area contributed by atoms with Crippen LogP contribution < -0.4 is 10.1 Å². The Bertz CT molecular complexity index is 1030. The molecular formula is C23H22N2O4S. The second kappa shape index (κ2) is 9.09. The van der Waals surface area contributed by atoms with Crippen LogP contribution in [-0.4, -0.2) is 23.1 Å². The molecular weight excluding hydrogens is 400 g/mol. The number of carbonyl (C=O) groups excluding carboxylic acids is 2. The Balaban J connectivity index is 1.27. The van der Waals surface area contributed by atoms with E-state index in [2.05, 4.69) is 24.4 Å². The third-order valence-corrected chi connectivity index (χ3v) is 5.97. The SMILES string of the molecule is Cc1sc(-c2ccccc2)nc1COc1ccc(CCC[C@@H]2OC(=O)NC2=O)cc1. The fourth-order valence-corrected chi connectivity index (χ4v) is 4.17. The predicted octanol–water partition coefficient (Wildman–Crippen LogP) is 4.66. The smallest absolute Gasteiger partial charge is 0.414 e. The van der Waals surface area contributed by atoms with Gasteiger partial charge in [-0.15, -0.1) is 11.3 Å². The van der Waals surface area contributed by atoms with Gasteiger partial charge in [0.25, 0.3) is 5.91 Å². The van der Waals surface area contributed by atoms with Crippen LogP contribution in [0, 0.1) is 6.92 Å². The van der Waals surface area contributed by atoms with Gasteiger partial charge in [0.05, 0.1) is 5.69 Å². The molecule has 154 valence electrons. The van der Waals surface area contributed by atoms with Gasteiger partial charge in [-0.1, -0.05) is 42.5 Å². The van der Waals surface area contributed by atoms with Crippen LogP contribution in [-0.2, 0) is 22.6 Å². The minimum Gasteiger partial charge on any atom is -0.487 e. The predicted molar refractivity (Wildman–Crippen MR) is 114 cm³/mol. The molecule has 1 aromatic heterocycles. The number of nitrogens with zero attached hydrogens (tertiary/aromatic N) is 1. The van der Waals surface area contributed by atoms with Crippen molar-refractivity contribution in [3.8, 4) is 16.3 Å². The van der Waals surface area contributed by atoms with E-state index in [4.69, 9.17) is 14.5 Å². The van der Waals surface area contributed by atoms with Gasteiger partial charge in [-0.05, 0) is 43.9 Å². The second-order valence-corrected chi connectivity index (χ2v) is 8.30. The van der Waals surface area contributed by atoms with Crippen LogP contribution in [0.3, 0.4) is 0 Å². The van der Waals surface area contributed by atoms with Crippen molar-refractivity contribution in [2.45, 2.75) is 38.9 Å². The zero-order valence-corrected chi connectivity index (χ0v) is 17.4. The largest absolute Gasteiger partial charge is 0.487 e. The van der Waals surface area contributed by atoms with Gasteiger partial charge in [0.15, 0.2) is 6.10 Å². The fraction of sp³-hybridized carbons (Fsp3) is 0.261. The van der Waals surface area contributed by atoms with Gasteiger partial charge < -0.3 is 9.47 Å². The highest BCUT2D eigenvalue weighted by molar-refractivity contribution is 7.15. The van der Waals surface area contributed by atoms with Crippen LogP contribution in [0.1, 0.15) is 29.0 Å². The van der Waals surface area contributed by atoms with Crippen molar-refractivity contribution >= 4 is 23.3 Å². The molecule has 3 aromatic rings. The van der Waals surface area contributed by atoms with Crippen molar-refractivity contribution in [2.75, 3.05) is 0 Å². The number of aromatic nitrogens is 1. The number of ether oxygens (including phenoxy) is 2. The first-order valence-corrected chi connectivity index (χ1v) is 10.6. The van der Waals surface area contributed by atoms with Gasteiger partial charge in [-0.25, -0.2) is 9.78 Å². The third-order valence-electron chi connectivity index (χ3n) is 4.91. The van der Waals surface area contributed by atoms with E-state index in [0.717, 1.165) is 45.3 Å². The van der Waals surface area contributed by atoms with E-state index in [9.17, 15) is 9.59 Å². The Labute approximate surface area is 178 Å². The molecule has 1 atom stereocenters. The second-order valence-electron chi connectivity index (χ2n) is 7.10. The van der Waals surface area contributed by atoms with Crippen molar-refractivity contribution in [1.82, 2.24) is 10.3 Å². The minimum absolute atomic E-state index is 0.350. The summed E-state index contributed by atoms with van der Waals surface area (Å²) in [6.45, 7) is 2.49. The number of nitrogens with one attached hydrogen (secondary N) is 1. The summed E-state index contributed by atoms with van der Waals surface area (Å²) in [7, 11) is 0. The lowest BCUT2D eigenvalue weighted by atomic mass is 10.1. The molecule has 0 radical (unpaired) electrons. The zero-order chi connectivity index (χ0) is 20.9. The fourth-order valence-electron chi connectivity index (χ4n) is 3.25. The molecule has 30 heavy (non-hydrogen) atoms. The molecule has 1 aliphatic heterocycles. The summed E-state index contributed by atoms with van der Waals surface area (Å²) in [4.78, 5) is 28.4. The molecule has 1 N–H and O–H groups in total. The highest BCUT2D eigenvalue weighted by Gasteiger charge is 2.31. The van der Waals surface area contributed by atoms with E-state index < -0.39 is 12.2 Å². The van der Waals surface area contributed by atoms with Crippen molar-refractivity contribution in [2.24, 2.45) is 0 Å². The van der Waals surface area contributed by atoms with E-state index in [-0.39, 0.29) is 5.91 Å². The van der Waals surface area contributed by atoms with Crippen molar-refractivity contribution in [1.29, 1.82) is 0 Å². The molecule has 0 bridgehead atoms. The first-order valence-electron chi connectivity index (χ1n) is 9.83. The molecule has 0 saturated carbocycles. The first kappa shape index (κ1) is 20.1. The van der Waals surface area contributed by atoms with Crippen LogP contribution in [0.5, 0.6) is 5.75 Å². The highest BCUT2D eigenvalue weighted by Crippen LogP contribution is 2.28. The summed E-state index contributed by atoms with van der Waals surface area (Å²) in [5.41, 5.74) is 3.21. The molecule has 1 aliphatic rings. The number of hydrogen-bond acceptors (Lipinski definition) is 6. The van der Waals surface area contributed by atoms with E-state index >= 15 is 0 Å². The number of hydrogen-bond donors (Lipinski definition) is 1. The molecule has 6 nitrogen and oxygen atoms in total. The number of alkyl carbamates (subject to hydrolysis) is 1. The summed E-state index contributed by atoms with van der Waals surface area (Å²) >= 11 is 1.67. The van der Waals surface area contributed by atoms with Gasteiger partial charge in [0.1, 0.15) is 17.4 Å². The van der Waals surface area contributed by atoms with Gasteiger partial charge >= 0.3 is 6.09 Å². The van der Waals surface area contributed by atoms with Crippen molar-refractivity contribution in [3.05, 3.63) is 70.7 Å². The number of benzene rings is 2. The monoisotopic (exact) mass is 422 g/mol. The van der Waals surface area contributed by atoms with E-state index in [1.165, 1.54) is 0 Å². The lowest BCUT2D eigenvalue weighted by Crippen LogP contribution is -2.24. The van der Waals surface area contributed by atoms with Crippen LogP contribution in [0.4, 0.5) is 4.79 Å². The maximum Gasteiger partial charge on any atom is 0.414 e. The standard InChI is InChI=1S/C23H22N2O4S/c1-15-19(24-22(30-15)17-7-3-2-4-8-17)14-28-18-12-10-16(11-13-18)6-5-9-20-21(26)25-23(27)29-20/h2-4,7-8,10-13,20H,5-6,9,14H2,1H3,(H,25,26,27)/t20-/m0/s1. The highest BCUT2D eigenvalue weighted by atomic mass is 32.1. The number of cyclic esters (lactones) is 1. The third kappa shape index (κ3) is 4.86. The molecule has 2 aromatic carbocycles. The van der Waals surface area contributed by atoms with E-state index in [1.54, 1.807) is 11.3 Å². The van der Waals surface area contributed by atoms with Gasteiger partial charge in [-0.3, -0.25) is 10.1 Å². The van der Waals surface area contributed by atoms with E-state index in [1.807, 2.05) is 42.5 Å². The number of thiazole rings is 1. The minimum atomic E-state index is -0.665. The maximum atomic E-state index is 11.5. The van der Waals surface area contributed by atoms with Gasteiger partial charge in [0, 0.05) is 10.4 Å². The Hall–Kier alpha value is -3.19. The molecule has 1 saturated heterocycles. The van der Waals surface area contributed by atoms with Crippen LogP contribution in [0.15, 0.2) is 54.6 Å². The number of amides is 2. The Morgan fingerprint density at radius 3 is 2.57 bits per heavy atom. The van der Waals surface area contributed by atoms with Crippen molar-refractivity contribution < 1.29 is 19.1 Å². The summed E-state index contributed by atoms with van der Waals surface area (Å²) in [6, 6.07) is 18.1. The normalized spacial score (nSPS) is 15.7. The molecule has 4 rings (SSSR count). The van der Waals surface area contributed by atoms with Crippen LogP contribution in [0.25, 0.3) is 10.6 Å². The van der Waals surface area contributed by atoms with Gasteiger partial charge in [-0.2, -0.15) is 0 Å².